The highest BCUT2D eigenvalue weighted by molar-refractivity contribution is 9.10. The molecule has 2 heterocycles. The predicted molar refractivity (Wildman–Crippen MR) is 128 cm³/mol. The Morgan fingerprint density at radius 1 is 1.32 bits per heavy atom. The zero-order chi connectivity index (χ0) is 22.5. The maximum Gasteiger partial charge on any atom is 0.266 e. The highest BCUT2D eigenvalue weighted by Gasteiger charge is 2.33. The van der Waals surface area contributed by atoms with Crippen LogP contribution in [-0.4, -0.2) is 71.5 Å². The quantitative estimate of drug-likeness (QED) is 0.394. The van der Waals surface area contributed by atoms with Gasteiger partial charge in [-0.05, 0) is 60.5 Å². The molecule has 31 heavy (non-hydrogen) atoms. The number of hydrogen-bond acceptors (Lipinski definition) is 7. The molecule has 3 rings (SSSR count). The molecule has 0 bridgehead atoms. The number of carbonyl (C=O) groups excluding carboxylic acids is 2. The van der Waals surface area contributed by atoms with Crippen molar-refractivity contribution in [3.05, 3.63) is 27.1 Å². The first-order valence-corrected chi connectivity index (χ1v) is 12.0. The van der Waals surface area contributed by atoms with Gasteiger partial charge >= 0.3 is 0 Å². The van der Waals surface area contributed by atoms with Crippen LogP contribution in [-0.2, 0) is 14.3 Å². The number of amides is 2. The number of hydrogen-bond donors (Lipinski definition) is 0. The van der Waals surface area contributed by atoms with Crippen LogP contribution in [0.25, 0.3) is 6.08 Å². The van der Waals surface area contributed by atoms with Crippen LogP contribution in [0, 0.1) is 0 Å². The first-order valence-electron chi connectivity index (χ1n) is 10.0. The van der Waals surface area contributed by atoms with E-state index < -0.39 is 0 Å². The third kappa shape index (κ3) is 5.79. The highest BCUT2D eigenvalue weighted by Crippen LogP contribution is 2.39. The summed E-state index contributed by atoms with van der Waals surface area (Å²) in [5.74, 6) is 0.752. The van der Waals surface area contributed by atoms with Crippen molar-refractivity contribution in [2.75, 3.05) is 39.5 Å². The first kappa shape index (κ1) is 24.0. The molecule has 10 heteroatoms. The number of halogens is 1. The molecule has 1 aromatic carbocycles. The maximum atomic E-state index is 12.7. The second-order valence-corrected chi connectivity index (χ2v) is 9.72. The zero-order valence-corrected chi connectivity index (χ0v) is 20.9. The summed E-state index contributed by atoms with van der Waals surface area (Å²) in [6.07, 6.45) is 1.79. The number of benzene rings is 1. The Balaban J connectivity index is 1.79. The summed E-state index contributed by atoms with van der Waals surface area (Å²) in [6.45, 7) is 8.28. The Morgan fingerprint density at radius 3 is 2.65 bits per heavy atom. The molecule has 0 N–H and O–H groups in total. The molecular formula is C21H25BrN2O5S2. The topological polar surface area (TPSA) is 68.3 Å². The molecule has 2 fully saturated rings. The summed E-state index contributed by atoms with van der Waals surface area (Å²) < 4.78 is 18.0. The van der Waals surface area contributed by atoms with Crippen LogP contribution >= 0.6 is 39.9 Å². The fourth-order valence-corrected chi connectivity index (χ4v) is 5.29. The van der Waals surface area contributed by atoms with Crippen molar-refractivity contribution < 1.29 is 23.8 Å². The molecule has 2 amide bonds. The van der Waals surface area contributed by atoms with Crippen LogP contribution in [0.5, 0.6) is 11.5 Å². The standard InChI is InChI=1S/C21H25BrN2O5S2/c1-4-28-16-10-14(11-17-20(26)24(13(2)3)21(30)31-17)9-15(22)19(16)29-12-18(25)23-5-7-27-8-6-23/h9-11,13H,4-8,12H2,1-3H3/b17-11-. The lowest BCUT2D eigenvalue weighted by Crippen LogP contribution is -2.43. The smallest absolute Gasteiger partial charge is 0.266 e. The number of morpholine rings is 1. The van der Waals surface area contributed by atoms with Gasteiger partial charge in [0.05, 0.1) is 29.2 Å². The Hall–Kier alpha value is -1.62. The fraction of sp³-hybridized carbons (Fsp3) is 0.476. The van der Waals surface area contributed by atoms with Crippen molar-refractivity contribution >= 4 is 62.1 Å². The van der Waals surface area contributed by atoms with Crippen LogP contribution < -0.4 is 9.47 Å². The van der Waals surface area contributed by atoms with Crippen molar-refractivity contribution in [1.82, 2.24) is 9.80 Å². The van der Waals surface area contributed by atoms with Gasteiger partial charge in [0.15, 0.2) is 18.1 Å². The van der Waals surface area contributed by atoms with E-state index in [1.54, 1.807) is 21.9 Å². The lowest BCUT2D eigenvalue weighted by Gasteiger charge is -2.27. The molecule has 0 aliphatic carbocycles. The van der Waals surface area contributed by atoms with Crippen LogP contribution in [0.15, 0.2) is 21.5 Å². The monoisotopic (exact) mass is 528 g/mol. The highest BCUT2D eigenvalue weighted by atomic mass is 79.9. The number of thiocarbonyl (C=S) groups is 1. The van der Waals surface area contributed by atoms with Gasteiger partial charge in [0.2, 0.25) is 0 Å². The Bertz CT molecular complexity index is 900. The third-order valence-electron chi connectivity index (χ3n) is 4.67. The zero-order valence-electron chi connectivity index (χ0n) is 17.7. The molecule has 2 aliphatic heterocycles. The predicted octanol–water partition coefficient (Wildman–Crippen LogP) is 3.70. The molecule has 0 atom stereocenters. The summed E-state index contributed by atoms with van der Waals surface area (Å²) in [5, 5.41) is 0. The van der Waals surface area contributed by atoms with E-state index in [1.807, 2.05) is 26.8 Å². The number of carbonyl (C=O) groups is 2. The van der Waals surface area contributed by atoms with E-state index in [0.29, 0.717) is 58.1 Å². The van der Waals surface area contributed by atoms with Gasteiger partial charge in [-0.25, -0.2) is 0 Å². The van der Waals surface area contributed by atoms with Gasteiger partial charge in [-0.1, -0.05) is 24.0 Å². The molecule has 1 aromatic rings. The Morgan fingerprint density at radius 2 is 2.03 bits per heavy atom. The van der Waals surface area contributed by atoms with Gasteiger partial charge in [0.1, 0.15) is 4.32 Å². The maximum absolute atomic E-state index is 12.7. The molecule has 0 aromatic heterocycles. The number of ether oxygens (including phenoxy) is 3. The molecule has 2 aliphatic rings. The minimum absolute atomic E-state index is 0.00361. The molecule has 0 spiro atoms. The van der Waals surface area contributed by atoms with Crippen molar-refractivity contribution in [3.8, 4) is 11.5 Å². The van der Waals surface area contributed by atoms with E-state index in [9.17, 15) is 9.59 Å². The molecular weight excluding hydrogens is 504 g/mol. The van der Waals surface area contributed by atoms with Crippen molar-refractivity contribution in [3.63, 3.8) is 0 Å². The summed E-state index contributed by atoms with van der Waals surface area (Å²) >= 11 is 10.1. The summed E-state index contributed by atoms with van der Waals surface area (Å²) in [6, 6.07) is 3.63. The second kappa shape index (κ2) is 10.8. The summed E-state index contributed by atoms with van der Waals surface area (Å²) in [4.78, 5) is 29.0. The van der Waals surface area contributed by atoms with Gasteiger partial charge in [0.25, 0.3) is 11.8 Å². The van der Waals surface area contributed by atoms with E-state index in [-0.39, 0.29) is 24.5 Å². The van der Waals surface area contributed by atoms with Gasteiger partial charge < -0.3 is 19.1 Å². The lowest BCUT2D eigenvalue weighted by molar-refractivity contribution is -0.137. The van der Waals surface area contributed by atoms with Crippen LogP contribution in [0.4, 0.5) is 0 Å². The van der Waals surface area contributed by atoms with Crippen molar-refractivity contribution in [2.45, 2.75) is 26.8 Å². The summed E-state index contributed by atoms with van der Waals surface area (Å²) in [5.41, 5.74) is 0.770. The normalized spacial score (nSPS) is 18.3. The van der Waals surface area contributed by atoms with Crippen LogP contribution in [0.2, 0.25) is 0 Å². The second-order valence-electron chi connectivity index (χ2n) is 7.19. The van der Waals surface area contributed by atoms with E-state index in [1.165, 1.54) is 11.8 Å². The van der Waals surface area contributed by atoms with E-state index in [2.05, 4.69) is 15.9 Å². The minimum Gasteiger partial charge on any atom is -0.490 e. The minimum atomic E-state index is -0.101. The molecule has 0 radical (unpaired) electrons. The Kier molecular flexibility index (Phi) is 8.37. The first-order chi connectivity index (χ1) is 14.8. The van der Waals surface area contributed by atoms with Gasteiger partial charge in [0, 0.05) is 19.1 Å². The SMILES string of the molecule is CCOc1cc(/C=C2\SC(=S)N(C(C)C)C2=O)cc(Br)c1OCC(=O)N1CCOCC1. The lowest BCUT2D eigenvalue weighted by atomic mass is 10.1. The average Bonchev–Trinajstić information content (AvgIpc) is 3.01. The average molecular weight is 529 g/mol. The number of nitrogens with zero attached hydrogens (tertiary/aromatic N) is 2. The van der Waals surface area contributed by atoms with Crippen molar-refractivity contribution in [2.24, 2.45) is 0 Å². The van der Waals surface area contributed by atoms with Crippen LogP contribution in [0.1, 0.15) is 26.3 Å². The molecule has 0 saturated carbocycles. The third-order valence-corrected chi connectivity index (χ3v) is 6.59. The molecule has 2 saturated heterocycles. The molecule has 7 nitrogen and oxygen atoms in total. The van der Waals surface area contributed by atoms with Crippen LogP contribution in [0.3, 0.4) is 0 Å². The van der Waals surface area contributed by atoms with Crippen molar-refractivity contribution in [1.29, 1.82) is 0 Å². The fourth-order valence-electron chi connectivity index (χ4n) is 3.19. The Labute approximate surface area is 200 Å². The number of thioether (sulfide) groups is 1. The molecule has 168 valence electrons. The largest absolute Gasteiger partial charge is 0.490 e. The van der Waals surface area contributed by atoms with E-state index >= 15 is 0 Å². The summed E-state index contributed by atoms with van der Waals surface area (Å²) in [7, 11) is 0. The number of rotatable bonds is 7. The van der Waals surface area contributed by atoms with E-state index in [0.717, 1.165) is 5.56 Å². The van der Waals surface area contributed by atoms with Gasteiger partial charge in [-0.15, -0.1) is 0 Å². The van der Waals surface area contributed by atoms with Gasteiger partial charge in [-0.2, -0.15) is 0 Å². The van der Waals surface area contributed by atoms with Gasteiger partial charge in [-0.3, -0.25) is 14.5 Å². The molecule has 0 unspecified atom stereocenters. The van der Waals surface area contributed by atoms with E-state index in [4.69, 9.17) is 26.4 Å².